The van der Waals surface area contributed by atoms with Crippen LogP contribution in [0.4, 0.5) is 9.59 Å². The maximum absolute atomic E-state index is 12.0. The second-order valence-electron chi connectivity index (χ2n) is 7.13. The molecule has 160 valence electrons. The number of nitrogens with one attached hydrogen (secondary N) is 2. The van der Waals surface area contributed by atoms with Crippen molar-refractivity contribution in [1.82, 2.24) is 15.0 Å². The van der Waals surface area contributed by atoms with Crippen LogP contribution in [0, 0.1) is 0 Å². The van der Waals surface area contributed by atoms with Crippen LogP contribution in [-0.4, -0.2) is 29.7 Å². The van der Waals surface area contributed by atoms with Gasteiger partial charge in [0.05, 0.1) is 11.0 Å². The van der Waals surface area contributed by atoms with Crippen LogP contribution in [0.3, 0.4) is 0 Å². The molecule has 31 heavy (non-hydrogen) atoms. The van der Waals surface area contributed by atoms with Gasteiger partial charge in [0.2, 0.25) is 0 Å². The van der Waals surface area contributed by atoms with Gasteiger partial charge in [-0.05, 0) is 25.3 Å². The highest BCUT2D eigenvalue weighted by molar-refractivity contribution is 6.13. The van der Waals surface area contributed by atoms with E-state index in [1.807, 2.05) is 44.3 Å². The molecule has 7 heteroatoms. The van der Waals surface area contributed by atoms with Crippen LogP contribution in [0.5, 0.6) is 0 Å². The first-order valence-corrected chi connectivity index (χ1v) is 10.4. The number of benzene rings is 2. The average Bonchev–Trinajstić information content (AvgIpc) is 3.16. The molecule has 2 N–H and O–H groups in total. The highest BCUT2D eigenvalue weighted by atomic mass is 16.6. The second kappa shape index (κ2) is 8.95. The number of hydrogen-bond donors (Lipinski definition) is 2. The number of alkyl carbamates (subject to hydrolysis) is 2. The molecule has 0 atom stereocenters. The van der Waals surface area contributed by atoms with Crippen LogP contribution < -0.4 is 10.6 Å². The molecule has 2 heterocycles. The number of nitrogens with zero attached hydrogens (tertiary/aromatic N) is 1. The maximum atomic E-state index is 12.0. The monoisotopic (exact) mass is 419 g/mol. The minimum atomic E-state index is -0.484. The fourth-order valence-corrected chi connectivity index (χ4v) is 3.87. The Labute approximate surface area is 179 Å². The van der Waals surface area contributed by atoms with Gasteiger partial charge in [-0.1, -0.05) is 42.5 Å². The van der Waals surface area contributed by atoms with Crippen LogP contribution in [0.15, 0.2) is 54.7 Å². The third-order valence-corrected chi connectivity index (χ3v) is 5.18. The van der Waals surface area contributed by atoms with E-state index >= 15 is 0 Å². The normalized spacial score (nSPS) is 11.0. The molecule has 0 saturated heterocycles. The van der Waals surface area contributed by atoms with Crippen molar-refractivity contribution in [2.45, 2.75) is 27.1 Å². The summed E-state index contributed by atoms with van der Waals surface area (Å²) < 4.78 is 13.0. The van der Waals surface area contributed by atoms with E-state index in [0.717, 1.165) is 38.3 Å². The van der Waals surface area contributed by atoms with Gasteiger partial charge in [-0.2, -0.15) is 0 Å². The minimum absolute atomic E-state index is 0.0682. The number of carbonyl (C=O) groups excluding carboxylic acids is 2. The molecule has 2 aromatic heterocycles. The number of hydrogen-bond acceptors (Lipinski definition) is 4. The van der Waals surface area contributed by atoms with Crippen LogP contribution in [-0.2, 0) is 22.7 Å². The zero-order valence-electron chi connectivity index (χ0n) is 17.6. The molecule has 7 nitrogen and oxygen atoms in total. The molecule has 0 spiro atoms. The van der Waals surface area contributed by atoms with Gasteiger partial charge in [-0.25, -0.2) is 9.59 Å². The summed E-state index contributed by atoms with van der Waals surface area (Å²) in [5, 5.41) is 8.55. The Morgan fingerprint density at radius 2 is 1.39 bits per heavy atom. The van der Waals surface area contributed by atoms with Gasteiger partial charge in [0.25, 0.3) is 0 Å². The molecule has 0 aliphatic heterocycles. The molecular weight excluding hydrogens is 394 g/mol. The second-order valence-corrected chi connectivity index (χ2v) is 7.13. The number of carbonyl (C=O) groups is 2. The smallest absolute Gasteiger partial charge is 0.407 e. The van der Waals surface area contributed by atoms with E-state index in [0.29, 0.717) is 13.1 Å². The number of fused-ring (bicyclic) bond motifs is 6. The molecule has 0 aliphatic carbocycles. The molecule has 0 saturated carbocycles. The molecular formula is C24H25N3O4. The fourth-order valence-electron chi connectivity index (χ4n) is 3.87. The fraction of sp³-hybridized carbons (Fsp3) is 0.250. The van der Waals surface area contributed by atoms with Crippen molar-refractivity contribution in [3.8, 4) is 0 Å². The summed E-state index contributed by atoms with van der Waals surface area (Å²) >= 11 is 0. The van der Waals surface area contributed by atoms with Crippen molar-refractivity contribution >= 4 is 39.4 Å². The topological polar surface area (TPSA) is 81.1 Å². The van der Waals surface area contributed by atoms with Crippen molar-refractivity contribution in [2.24, 2.45) is 0 Å². The number of amides is 2. The predicted octanol–water partition coefficient (Wildman–Crippen LogP) is 4.74. The first-order chi connectivity index (χ1) is 15.1. The van der Waals surface area contributed by atoms with Crippen LogP contribution in [0.25, 0.3) is 27.2 Å². The number of para-hydroxylation sites is 1. The molecule has 0 radical (unpaired) electrons. The Balaban J connectivity index is 1.89. The van der Waals surface area contributed by atoms with E-state index < -0.39 is 12.2 Å². The average molecular weight is 419 g/mol. The van der Waals surface area contributed by atoms with Crippen molar-refractivity contribution in [3.63, 3.8) is 0 Å². The van der Waals surface area contributed by atoms with E-state index in [1.54, 1.807) is 0 Å². The maximum Gasteiger partial charge on any atom is 0.407 e. The lowest BCUT2D eigenvalue weighted by Gasteiger charge is -2.11. The lowest BCUT2D eigenvalue weighted by Crippen LogP contribution is -2.24. The Bertz CT molecular complexity index is 1260. The van der Waals surface area contributed by atoms with E-state index in [4.69, 9.17) is 9.47 Å². The van der Waals surface area contributed by atoms with Crippen LogP contribution in [0.2, 0.25) is 0 Å². The Morgan fingerprint density at radius 1 is 0.806 bits per heavy atom. The first kappa shape index (κ1) is 20.5. The summed E-state index contributed by atoms with van der Waals surface area (Å²) in [4.78, 5) is 23.9. The summed E-state index contributed by atoms with van der Waals surface area (Å²) in [5.41, 5.74) is 3.57. The molecule has 0 aliphatic rings. The number of rotatable bonds is 6. The van der Waals surface area contributed by atoms with Gasteiger partial charge in [-0.15, -0.1) is 0 Å². The standard InChI is InChI=1S/C24H25N3O4/c1-3-25-23(28)30-14-16-13-27-21-12-8-7-10-18(21)17-9-5-6-11-19(17)22(27)20(16)15-31-24(29)26-4-2/h5-13H,3-4,14-15H2,1-2H3,(H,25,28)(H,26,29). The molecule has 0 unspecified atom stereocenters. The lowest BCUT2D eigenvalue weighted by molar-refractivity contribution is 0.133. The summed E-state index contributed by atoms with van der Waals surface area (Å²) in [6, 6.07) is 16.3. The van der Waals surface area contributed by atoms with Gasteiger partial charge in [0, 0.05) is 41.2 Å². The van der Waals surface area contributed by atoms with Gasteiger partial charge >= 0.3 is 12.2 Å². The Hall–Kier alpha value is -3.74. The molecule has 4 rings (SSSR count). The molecule has 0 fully saturated rings. The minimum Gasteiger partial charge on any atom is -0.445 e. The molecule has 4 aromatic rings. The van der Waals surface area contributed by atoms with Crippen LogP contribution >= 0.6 is 0 Å². The Kier molecular flexibility index (Phi) is 5.93. The summed E-state index contributed by atoms with van der Waals surface area (Å²) in [6.45, 7) is 4.77. The third kappa shape index (κ3) is 3.99. The number of aromatic nitrogens is 1. The van der Waals surface area contributed by atoms with E-state index in [1.165, 1.54) is 0 Å². The summed E-state index contributed by atoms with van der Waals surface area (Å²) in [6.07, 6.45) is 0.991. The summed E-state index contributed by atoms with van der Waals surface area (Å²) in [5.74, 6) is 0. The van der Waals surface area contributed by atoms with Crippen LogP contribution in [0.1, 0.15) is 25.0 Å². The summed E-state index contributed by atoms with van der Waals surface area (Å²) in [7, 11) is 0. The van der Waals surface area contributed by atoms with Crippen molar-refractivity contribution in [1.29, 1.82) is 0 Å². The SMILES string of the molecule is CCNC(=O)OCc1cn2c3ccccc3c3ccccc3c2c1COC(=O)NCC. The van der Waals surface area contributed by atoms with Crippen molar-refractivity contribution in [2.75, 3.05) is 13.1 Å². The third-order valence-electron chi connectivity index (χ3n) is 5.18. The van der Waals surface area contributed by atoms with E-state index in [-0.39, 0.29) is 13.2 Å². The van der Waals surface area contributed by atoms with Crippen molar-refractivity contribution < 1.29 is 19.1 Å². The Morgan fingerprint density at radius 3 is 2.06 bits per heavy atom. The van der Waals surface area contributed by atoms with E-state index in [9.17, 15) is 9.59 Å². The highest BCUT2D eigenvalue weighted by Crippen LogP contribution is 2.34. The van der Waals surface area contributed by atoms with Gasteiger partial charge in [0.1, 0.15) is 13.2 Å². The molecule has 2 amide bonds. The first-order valence-electron chi connectivity index (χ1n) is 10.4. The largest absolute Gasteiger partial charge is 0.445 e. The van der Waals surface area contributed by atoms with Crippen molar-refractivity contribution in [3.05, 3.63) is 65.9 Å². The van der Waals surface area contributed by atoms with Gasteiger partial charge < -0.3 is 24.5 Å². The predicted molar refractivity (Wildman–Crippen MR) is 120 cm³/mol. The molecule has 0 bridgehead atoms. The number of ether oxygens (including phenoxy) is 2. The lowest BCUT2D eigenvalue weighted by atomic mass is 10.0. The number of pyridine rings is 1. The van der Waals surface area contributed by atoms with E-state index in [2.05, 4.69) is 39.3 Å². The quantitative estimate of drug-likeness (QED) is 0.443. The zero-order valence-corrected chi connectivity index (χ0v) is 17.6. The highest BCUT2D eigenvalue weighted by Gasteiger charge is 2.19. The molecule has 2 aromatic carbocycles. The zero-order chi connectivity index (χ0) is 21.8. The van der Waals surface area contributed by atoms with Gasteiger partial charge in [-0.3, -0.25) is 0 Å². The van der Waals surface area contributed by atoms with Gasteiger partial charge in [0.15, 0.2) is 0 Å².